The molecule has 4 heteroatoms. The van der Waals surface area contributed by atoms with E-state index in [1.807, 2.05) is 7.05 Å². The standard InChI is InChI=1S/C13H20N2OS/c1-13(2,11-5-4-8-17-11)9-14-10-6-7-15(3)12(10)16/h4-5,8,10,14H,6-7,9H2,1-3H3. The van der Waals surface area contributed by atoms with Crippen molar-refractivity contribution in [2.24, 2.45) is 0 Å². The molecule has 0 aliphatic carbocycles. The summed E-state index contributed by atoms with van der Waals surface area (Å²) in [6.07, 6.45) is 0.926. The molecule has 0 bridgehead atoms. The summed E-state index contributed by atoms with van der Waals surface area (Å²) >= 11 is 1.78. The Kier molecular flexibility index (Phi) is 3.54. The molecule has 1 saturated heterocycles. The van der Waals surface area contributed by atoms with Crippen LogP contribution in [-0.2, 0) is 10.2 Å². The summed E-state index contributed by atoms with van der Waals surface area (Å²) in [4.78, 5) is 14.9. The first kappa shape index (κ1) is 12.6. The maximum atomic E-state index is 11.8. The van der Waals surface area contributed by atoms with Crippen LogP contribution in [0.4, 0.5) is 0 Å². The highest BCUT2D eigenvalue weighted by Crippen LogP contribution is 2.27. The number of hydrogen-bond donors (Lipinski definition) is 1. The number of hydrogen-bond acceptors (Lipinski definition) is 3. The Labute approximate surface area is 107 Å². The summed E-state index contributed by atoms with van der Waals surface area (Å²) in [5.41, 5.74) is 0.0929. The van der Waals surface area contributed by atoms with Gasteiger partial charge in [0.1, 0.15) is 0 Å². The number of carbonyl (C=O) groups excluding carboxylic acids is 1. The Bertz CT molecular complexity index is 386. The average Bonchev–Trinajstić information content (AvgIpc) is 2.90. The topological polar surface area (TPSA) is 32.3 Å². The highest BCUT2D eigenvalue weighted by Gasteiger charge is 2.31. The van der Waals surface area contributed by atoms with E-state index >= 15 is 0 Å². The summed E-state index contributed by atoms with van der Waals surface area (Å²) in [5, 5.41) is 5.51. The summed E-state index contributed by atoms with van der Waals surface area (Å²) in [6.45, 7) is 6.15. The van der Waals surface area contributed by atoms with Gasteiger partial charge in [0.25, 0.3) is 0 Å². The highest BCUT2D eigenvalue weighted by molar-refractivity contribution is 7.10. The molecule has 17 heavy (non-hydrogen) atoms. The number of rotatable bonds is 4. The normalized spacial score (nSPS) is 21.2. The monoisotopic (exact) mass is 252 g/mol. The van der Waals surface area contributed by atoms with Gasteiger partial charge in [0, 0.05) is 30.4 Å². The molecule has 1 fully saturated rings. The molecule has 1 N–H and O–H groups in total. The van der Waals surface area contributed by atoms with Crippen molar-refractivity contribution >= 4 is 17.2 Å². The first-order valence-electron chi connectivity index (χ1n) is 6.03. The minimum Gasteiger partial charge on any atom is -0.344 e. The van der Waals surface area contributed by atoms with Gasteiger partial charge in [-0.25, -0.2) is 0 Å². The molecule has 1 unspecified atom stereocenters. The summed E-state index contributed by atoms with van der Waals surface area (Å²) < 4.78 is 0. The van der Waals surface area contributed by atoms with Gasteiger partial charge in [-0.1, -0.05) is 19.9 Å². The van der Waals surface area contributed by atoms with E-state index < -0.39 is 0 Å². The molecule has 1 aliphatic rings. The molecule has 0 aromatic carbocycles. The van der Waals surface area contributed by atoms with Gasteiger partial charge in [-0.15, -0.1) is 11.3 Å². The number of likely N-dealkylation sites (tertiary alicyclic amines) is 1. The molecule has 94 valence electrons. The second-order valence-corrected chi connectivity index (χ2v) is 6.29. The van der Waals surface area contributed by atoms with E-state index in [2.05, 4.69) is 36.7 Å². The highest BCUT2D eigenvalue weighted by atomic mass is 32.1. The van der Waals surface area contributed by atoms with Crippen molar-refractivity contribution in [3.8, 4) is 0 Å². The number of nitrogens with zero attached hydrogens (tertiary/aromatic N) is 1. The zero-order chi connectivity index (χ0) is 12.5. The zero-order valence-corrected chi connectivity index (χ0v) is 11.5. The van der Waals surface area contributed by atoms with Crippen LogP contribution in [0.15, 0.2) is 17.5 Å². The fraction of sp³-hybridized carbons (Fsp3) is 0.615. The Hall–Kier alpha value is -0.870. The lowest BCUT2D eigenvalue weighted by Gasteiger charge is -2.25. The lowest BCUT2D eigenvalue weighted by atomic mass is 9.91. The van der Waals surface area contributed by atoms with Crippen LogP contribution in [0.5, 0.6) is 0 Å². The van der Waals surface area contributed by atoms with E-state index in [4.69, 9.17) is 0 Å². The first-order valence-corrected chi connectivity index (χ1v) is 6.91. The smallest absolute Gasteiger partial charge is 0.239 e. The Morgan fingerprint density at radius 1 is 1.59 bits per heavy atom. The Morgan fingerprint density at radius 3 is 2.88 bits per heavy atom. The molecular weight excluding hydrogens is 232 g/mol. The molecule has 0 radical (unpaired) electrons. The lowest BCUT2D eigenvalue weighted by molar-refractivity contribution is -0.128. The van der Waals surface area contributed by atoms with Gasteiger partial charge in [-0.3, -0.25) is 4.79 Å². The second kappa shape index (κ2) is 4.78. The average molecular weight is 252 g/mol. The molecule has 0 spiro atoms. The minimum atomic E-state index is 0.0132. The molecular formula is C13H20N2OS. The zero-order valence-electron chi connectivity index (χ0n) is 10.7. The van der Waals surface area contributed by atoms with E-state index in [9.17, 15) is 4.79 Å². The summed E-state index contributed by atoms with van der Waals surface area (Å²) in [7, 11) is 1.87. The van der Waals surface area contributed by atoms with Crippen LogP contribution in [0.1, 0.15) is 25.1 Å². The molecule has 1 aromatic heterocycles. The van der Waals surface area contributed by atoms with Crippen LogP contribution in [0.3, 0.4) is 0 Å². The van der Waals surface area contributed by atoms with Crippen molar-refractivity contribution in [2.75, 3.05) is 20.1 Å². The first-order chi connectivity index (χ1) is 8.00. The molecule has 2 heterocycles. The van der Waals surface area contributed by atoms with Crippen molar-refractivity contribution in [3.05, 3.63) is 22.4 Å². The fourth-order valence-corrected chi connectivity index (χ4v) is 2.99. The number of carbonyl (C=O) groups is 1. The number of amides is 1. The third-order valence-electron chi connectivity index (χ3n) is 3.41. The third-order valence-corrected chi connectivity index (χ3v) is 4.64. The van der Waals surface area contributed by atoms with Crippen LogP contribution >= 0.6 is 11.3 Å². The van der Waals surface area contributed by atoms with Crippen LogP contribution in [0.25, 0.3) is 0 Å². The SMILES string of the molecule is CN1CCC(NCC(C)(C)c2cccs2)C1=O. The lowest BCUT2D eigenvalue weighted by Crippen LogP contribution is -2.42. The van der Waals surface area contributed by atoms with Gasteiger partial charge in [0.15, 0.2) is 0 Å². The van der Waals surface area contributed by atoms with Gasteiger partial charge in [0.05, 0.1) is 6.04 Å². The summed E-state index contributed by atoms with van der Waals surface area (Å²) in [6, 6.07) is 4.25. The predicted octanol–water partition coefficient (Wildman–Crippen LogP) is 1.85. The van der Waals surface area contributed by atoms with Crippen molar-refractivity contribution in [1.82, 2.24) is 10.2 Å². The van der Waals surface area contributed by atoms with Crippen molar-refractivity contribution < 1.29 is 4.79 Å². The largest absolute Gasteiger partial charge is 0.344 e. The van der Waals surface area contributed by atoms with Gasteiger partial charge in [-0.2, -0.15) is 0 Å². The molecule has 0 saturated carbocycles. The van der Waals surface area contributed by atoms with Gasteiger partial charge < -0.3 is 10.2 Å². The third kappa shape index (κ3) is 2.69. The van der Waals surface area contributed by atoms with E-state index in [-0.39, 0.29) is 17.4 Å². The Balaban J connectivity index is 1.92. The van der Waals surface area contributed by atoms with Crippen molar-refractivity contribution in [1.29, 1.82) is 0 Å². The van der Waals surface area contributed by atoms with E-state index in [1.54, 1.807) is 16.2 Å². The van der Waals surface area contributed by atoms with E-state index in [1.165, 1.54) is 4.88 Å². The molecule has 1 aliphatic heterocycles. The van der Waals surface area contributed by atoms with E-state index in [0.717, 1.165) is 19.5 Å². The molecule has 3 nitrogen and oxygen atoms in total. The fourth-order valence-electron chi connectivity index (χ4n) is 2.14. The van der Waals surface area contributed by atoms with Crippen LogP contribution in [0.2, 0.25) is 0 Å². The van der Waals surface area contributed by atoms with Crippen molar-refractivity contribution in [3.63, 3.8) is 0 Å². The maximum absolute atomic E-state index is 11.8. The predicted molar refractivity (Wildman–Crippen MR) is 71.4 cm³/mol. The maximum Gasteiger partial charge on any atom is 0.239 e. The quantitative estimate of drug-likeness (QED) is 0.887. The molecule has 1 aromatic rings. The van der Waals surface area contributed by atoms with Crippen LogP contribution in [-0.4, -0.2) is 37.0 Å². The van der Waals surface area contributed by atoms with Crippen LogP contribution < -0.4 is 5.32 Å². The molecule has 2 rings (SSSR count). The van der Waals surface area contributed by atoms with E-state index in [0.29, 0.717) is 0 Å². The minimum absolute atomic E-state index is 0.0132. The molecule has 1 amide bonds. The van der Waals surface area contributed by atoms with Crippen LogP contribution in [0, 0.1) is 0 Å². The summed E-state index contributed by atoms with van der Waals surface area (Å²) in [5.74, 6) is 0.229. The second-order valence-electron chi connectivity index (χ2n) is 5.34. The van der Waals surface area contributed by atoms with Gasteiger partial charge in [-0.05, 0) is 17.9 Å². The van der Waals surface area contributed by atoms with Gasteiger partial charge >= 0.3 is 0 Å². The number of likely N-dealkylation sites (N-methyl/N-ethyl adjacent to an activating group) is 1. The number of thiophene rings is 1. The van der Waals surface area contributed by atoms with Gasteiger partial charge in [0.2, 0.25) is 5.91 Å². The molecule has 1 atom stereocenters. The number of nitrogens with one attached hydrogen (secondary N) is 1. The Morgan fingerprint density at radius 2 is 2.35 bits per heavy atom. The van der Waals surface area contributed by atoms with Crippen molar-refractivity contribution in [2.45, 2.75) is 31.7 Å².